The number of amides is 1. The predicted molar refractivity (Wildman–Crippen MR) is 96.0 cm³/mol. The van der Waals surface area contributed by atoms with Crippen molar-refractivity contribution >= 4 is 5.91 Å². The topological polar surface area (TPSA) is 29.5 Å². The maximum Gasteiger partial charge on any atom is 0.226 e. The summed E-state index contributed by atoms with van der Waals surface area (Å²) in [6.45, 7) is 2.99. The van der Waals surface area contributed by atoms with Gasteiger partial charge >= 0.3 is 0 Å². The number of aryl methyl sites for hydroxylation is 1. The molecule has 3 nitrogen and oxygen atoms in total. The standard InChI is InChI=1S/C21H25NO2/c1-16(18-6-4-3-5-7-18)22-15-14-19(21(22)23)11-8-17-9-12-20(24-2)13-10-17/h3-7,9-10,12-13,16,19H,8,11,14-15H2,1-2H3/t16-,19+/m0/s1. The van der Waals surface area contributed by atoms with Gasteiger partial charge in [-0.3, -0.25) is 4.79 Å². The zero-order valence-electron chi connectivity index (χ0n) is 14.4. The van der Waals surface area contributed by atoms with Crippen LogP contribution in [0.3, 0.4) is 0 Å². The predicted octanol–water partition coefficient (Wildman–Crippen LogP) is 4.24. The summed E-state index contributed by atoms with van der Waals surface area (Å²) in [4.78, 5) is 14.8. The SMILES string of the molecule is COc1ccc(CC[C@@H]2CCN([C@@H](C)c3ccccc3)C2=O)cc1. The summed E-state index contributed by atoms with van der Waals surface area (Å²) < 4.78 is 5.19. The van der Waals surface area contributed by atoms with Crippen LogP contribution in [-0.2, 0) is 11.2 Å². The lowest BCUT2D eigenvalue weighted by molar-refractivity contribution is -0.132. The van der Waals surface area contributed by atoms with Crippen molar-refractivity contribution in [3.05, 3.63) is 65.7 Å². The molecule has 3 rings (SSSR count). The summed E-state index contributed by atoms with van der Waals surface area (Å²) in [5, 5.41) is 0. The number of carbonyl (C=O) groups excluding carboxylic acids is 1. The van der Waals surface area contributed by atoms with Gasteiger partial charge in [0, 0.05) is 12.5 Å². The van der Waals surface area contributed by atoms with Gasteiger partial charge in [-0.2, -0.15) is 0 Å². The fourth-order valence-corrected chi connectivity index (χ4v) is 3.46. The van der Waals surface area contributed by atoms with Crippen molar-refractivity contribution in [2.75, 3.05) is 13.7 Å². The molecule has 1 saturated heterocycles. The van der Waals surface area contributed by atoms with Gasteiger partial charge in [-0.1, -0.05) is 42.5 Å². The first-order valence-electron chi connectivity index (χ1n) is 8.67. The third-order valence-electron chi connectivity index (χ3n) is 5.04. The smallest absolute Gasteiger partial charge is 0.226 e. The van der Waals surface area contributed by atoms with E-state index in [1.165, 1.54) is 11.1 Å². The number of nitrogens with zero attached hydrogens (tertiary/aromatic N) is 1. The average molecular weight is 323 g/mol. The van der Waals surface area contributed by atoms with Gasteiger partial charge in [0.15, 0.2) is 0 Å². The summed E-state index contributed by atoms with van der Waals surface area (Å²) in [6, 6.07) is 18.6. The number of likely N-dealkylation sites (tertiary alicyclic amines) is 1. The largest absolute Gasteiger partial charge is 0.497 e. The molecule has 24 heavy (non-hydrogen) atoms. The van der Waals surface area contributed by atoms with E-state index in [0.717, 1.165) is 31.6 Å². The van der Waals surface area contributed by atoms with Crippen LogP contribution < -0.4 is 4.74 Å². The Bertz CT molecular complexity index is 666. The number of methoxy groups -OCH3 is 1. The molecular weight excluding hydrogens is 298 g/mol. The van der Waals surface area contributed by atoms with Crippen LogP contribution in [0.25, 0.3) is 0 Å². The lowest BCUT2D eigenvalue weighted by Gasteiger charge is -2.25. The summed E-state index contributed by atoms with van der Waals surface area (Å²) in [5.74, 6) is 1.33. The van der Waals surface area contributed by atoms with Crippen LogP contribution in [0.4, 0.5) is 0 Å². The number of benzene rings is 2. The van der Waals surface area contributed by atoms with Gasteiger partial charge in [0.1, 0.15) is 5.75 Å². The third kappa shape index (κ3) is 3.61. The number of carbonyl (C=O) groups is 1. The Balaban J connectivity index is 1.57. The Hall–Kier alpha value is -2.29. The van der Waals surface area contributed by atoms with E-state index in [0.29, 0.717) is 5.91 Å². The van der Waals surface area contributed by atoms with Crippen molar-refractivity contribution in [2.24, 2.45) is 5.92 Å². The van der Waals surface area contributed by atoms with Gasteiger partial charge in [0.25, 0.3) is 0 Å². The molecule has 0 radical (unpaired) electrons. The molecule has 1 fully saturated rings. The normalized spacial score (nSPS) is 18.7. The molecule has 0 saturated carbocycles. The van der Waals surface area contributed by atoms with E-state index < -0.39 is 0 Å². The maximum atomic E-state index is 12.7. The molecule has 0 N–H and O–H groups in total. The Labute approximate surface area is 144 Å². The van der Waals surface area contributed by atoms with Crippen LogP contribution >= 0.6 is 0 Å². The highest BCUT2D eigenvalue weighted by Crippen LogP contribution is 2.30. The Morgan fingerprint density at radius 2 is 1.83 bits per heavy atom. The number of hydrogen-bond donors (Lipinski definition) is 0. The van der Waals surface area contributed by atoms with Crippen molar-refractivity contribution in [3.8, 4) is 5.75 Å². The van der Waals surface area contributed by atoms with E-state index in [9.17, 15) is 4.79 Å². The number of ether oxygens (including phenoxy) is 1. The quantitative estimate of drug-likeness (QED) is 0.796. The molecule has 126 valence electrons. The molecule has 0 spiro atoms. The minimum absolute atomic E-state index is 0.151. The lowest BCUT2D eigenvalue weighted by Crippen LogP contribution is -2.30. The summed E-state index contributed by atoms with van der Waals surface area (Å²) in [6.07, 6.45) is 2.82. The van der Waals surface area contributed by atoms with Crippen molar-refractivity contribution in [2.45, 2.75) is 32.2 Å². The van der Waals surface area contributed by atoms with E-state index in [1.807, 2.05) is 35.2 Å². The molecule has 0 bridgehead atoms. The van der Waals surface area contributed by atoms with Crippen LogP contribution in [0.15, 0.2) is 54.6 Å². The molecule has 0 aromatic heterocycles. The zero-order valence-corrected chi connectivity index (χ0v) is 14.4. The molecule has 0 unspecified atom stereocenters. The Morgan fingerprint density at radius 1 is 1.12 bits per heavy atom. The highest BCUT2D eigenvalue weighted by Gasteiger charge is 2.34. The molecule has 2 atom stereocenters. The molecule has 1 aliphatic heterocycles. The van der Waals surface area contributed by atoms with E-state index in [4.69, 9.17) is 4.74 Å². The van der Waals surface area contributed by atoms with Gasteiger partial charge in [0.05, 0.1) is 13.2 Å². The molecule has 1 aliphatic rings. The van der Waals surface area contributed by atoms with Gasteiger partial charge < -0.3 is 9.64 Å². The minimum atomic E-state index is 0.151. The van der Waals surface area contributed by atoms with Crippen molar-refractivity contribution < 1.29 is 9.53 Å². The van der Waals surface area contributed by atoms with Crippen molar-refractivity contribution in [3.63, 3.8) is 0 Å². The lowest BCUT2D eigenvalue weighted by atomic mass is 9.98. The first-order chi connectivity index (χ1) is 11.7. The van der Waals surface area contributed by atoms with E-state index >= 15 is 0 Å². The fraction of sp³-hybridized carbons (Fsp3) is 0.381. The van der Waals surface area contributed by atoms with Crippen molar-refractivity contribution in [1.29, 1.82) is 0 Å². The van der Waals surface area contributed by atoms with Gasteiger partial charge in [-0.15, -0.1) is 0 Å². The molecule has 3 heteroatoms. The first-order valence-corrected chi connectivity index (χ1v) is 8.67. The second kappa shape index (κ2) is 7.52. The monoisotopic (exact) mass is 323 g/mol. The number of hydrogen-bond acceptors (Lipinski definition) is 2. The average Bonchev–Trinajstić information content (AvgIpc) is 3.01. The van der Waals surface area contributed by atoms with Crippen LogP contribution in [-0.4, -0.2) is 24.5 Å². The molecule has 0 aliphatic carbocycles. The molecule has 1 amide bonds. The fourth-order valence-electron chi connectivity index (χ4n) is 3.46. The molecule has 2 aromatic rings. The second-order valence-electron chi connectivity index (χ2n) is 6.49. The van der Waals surface area contributed by atoms with Gasteiger partial charge in [-0.05, 0) is 49.4 Å². The molecular formula is C21H25NO2. The van der Waals surface area contributed by atoms with E-state index in [-0.39, 0.29) is 12.0 Å². The van der Waals surface area contributed by atoms with E-state index in [2.05, 4.69) is 31.2 Å². The van der Waals surface area contributed by atoms with Crippen LogP contribution in [0.1, 0.15) is 36.9 Å². The third-order valence-corrected chi connectivity index (χ3v) is 5.04. The Morgan fingerprint density at radius 3 is 2.50 bits per heavy atom. The molecule has 1 heterocycles. The summed E-state index contributed by atoms with van der Waals surface area (Å²) >= 11 is 0. The van der Waals surface area contributed by atoms with Gasteiger partial charge in [-0.25, -0.2) is 0 Å². The summed E-state index contributed by atoms with van der Waals surface area (Å²) in [7, 11) is 1.68. The summed E-state index contributed by atoms with van der Waals surface area (Å²) in [5.41, 5.74) is 2.47. The zero-order chi connectivity index (χ0) is 16.9. The first kappa shape index (κ1) is 16.6. The van der Waals surface area contributed by atoms with Gasteiger partial charge in [0.2, 0.25) is 5.91 Å². The van der Waals surface area contributed by atoms with Crippen molar-refractivity contribution in [1.82, 2.24) is 4.90 Å². The van der Waals surface area contributed by atoms with Crippen LogP contribution in [0, 0.1) is 5.92 Å². The van der Waals surface area contributed by atoms with Crippen LogP contribution in [0.5, 0.6) is 5.75 Å². The Kier molecular flexibility index (Phi) is 5.19. The minimum Gasteiger partial charge on any atom is -0.497 e. The highest BCUT2D eigenvalue weighted by atomic mass is 16.5. The van der Waals surface area contributed by atoms with E-state index in [1.54, 1.807) is 7.11 Å². The van der Waals surface area contributed by atoms with Crippen LogP contribution in [0.2, 0.25) is 0 Å². The highest BCUT2D eigenvalue weighted by molar-refractivity contribution is 5.81. The maximum absolute atomic E-state index is 12.7. The number of rotatable bonds is 6. The molecule has 2 aromatic carbocycles. The second-order valence-corrected chi connectivity index (χ2v) is 6.49.